The first-order chi connectivity index (χ1) is 11.5. The molecule has 6 nitrogen and oxygen atoms in total. The average Bonchev–Trinajstić information content (AvgIpc) is 2.98. The number of carbonyl (C=O) groups is 1. The van der Waals surface area contributed by atoms with Crippen LogP contribution in [0.3, 0.4) is 0 Å². The molecule has 0 unspecified atom stereocenters. The molecule has 124 valence electrons. The second-order valence-corrected chi connectivity index (χ2v) is 5.90. The van der Waals surface area contributed by atoms with Crippen LogP contribution in [-0.4, -0.2) is 24.0 Å². The van der Waals surface area contributed by atoms with Crippen molar-refractivity contribution in [2.24, 2.45) is 0 Å². The predicted molar refractivity (Wildman–Crippen MR) is 90.6 cm³/mol. The Labute approximate surface area is 139 Å². The van der Waals surface area contributed by atoms with Gasteiger partial charge in [0.15, 0.2) is 6.61 Å². The summed E-state index contributed by atoms with van der Waals surface area (Å²) in [5, 5.41) is 10.9. The van der Waals surface area contributed by atoms with Crippen molar-refractivity contribution >= 4 is 17.3 Å². The predicted octanol–water partition coefficient (Wildman–Crippen LogP) is 3.18. The van der Waals surface area contributed by atoms with Gasteiger partial charge in [-0.1, -0.05) is 12.1 Å². The molecule has 0 bridgehead atoms. The molecule has 6 heteroatoms. The average molecular weight is 326 g/mol. The zero-order valence-electron chi connectivity index (χ0n) is 13.6. The lowest BCUT2D eigenvalue weighted by molar-refractivity contribution is -0.384. The van der Waals surface area contributed by atoms with E-state index in [1.165, 1.54) is 12.1 Å². The van der Waals surface area contributed by atoms with Gasteiger partial charge >= 0.3 is 0 Å². The molecule has 0 saturated carbocycles. The van der Waals surface area contributed by atoms with Crippen molar-refractivity contribution in [1.29, 1.82) is 0 Å². The quantitative estimate of drug-likeness (QED) is 0.639. The second kappa shape index (κ2) is 6.31. The molecule has 0 aliphatic carbocycles. The molecule has 24 heavy (non-hydrogen) atoms. The van der Waals surface area contributed by atoms with E-state index in [-0.39, 0.29) is 18.2 Å². The summed E-state index contributed by atoms with van der Waals surface area (Å²) in [6.45, 7) is 4.43. The minimum Gasteiger partial charge on any atom is -0.484 e. The fourth-order valence-corrected chi connectivity index (χ4v) is 2.77. The maximum atomic E-state index is 12.4. The third kappa shape index (κ3) is 3.08. The molecule has 0 N–H and O–H groups in total. The van der Waals surface area contributed by atoms with Gasteiger partial charge in [-0.3, -0.25) is 14.9 Å². The van der Waals surface area contributed by atoms with Gasteiger partial charge in [-0.25, -0.2) is 0 Å². The number of aryl methyl sites for hydroxylation is 2. The van der Waals surface area contributed by atoms with Crippen LogP contribution in [0.15, 0.2) is 36.4 Å². The molecule has 1 aliphatic heterocycles. The van der Waals surface area contributed by atoms with E-state index >= 15 is 0 Å². The van der Waals surface area contributed by atoms with Crippen LogP contribution in [0, 0.1) is 24.0 Å². The van der Waals surface area contributed by atoms with E-state index in [0.717, 1.165) is 16.7 Å². The topological polar surface area (TPSA) is 72.7 Å². The minimum absolute atomic E-state index is 0.0106. The highest BCUT2D eigenvalue weighted by Gasteiger charge is 2.26. The molecule has 0 spiro atoms. The number of ether oxygens (including phenoxy) is 1. The van der Waals surface area contributed by atoms with Gasteiger partial charge in [0.1, 0.15) is 5.75 Å². The van der Waals surface area contributed by atoms with Gasteiger partial charge in [0, 0.05) is 18.7 Å². The highest BCUT2D eigenvalue weighted by Crippen LogP contribution is 2.31. The number of non-ortho nitro benzene ring substituents is 1. The number of carbonyl (C=O) groups excluding carboxylic acids is 1. The Bertz CT molecular complexity index is 817. The summed E-state index contributed by atoms with van der Waals surface area (Å²) in [7, 11) is 0. The van der Waals surface area contributed by atoms with Gasteiger partial charge in [-0.2, -0.15) is 0 Å². The molecule has 1 amide bonds. The molecule has 0 radical (unpaired) electrons. The number of hydrogen-bond acceptors (Lipinski definition) is 4. The Kier molecular flexibility index (Phi) is 4.20. The number of nitro benzene ring substituents is 1. The maximum absolute atomic E-state index is 12.4. The summed E-state index contributed by atoms with van der Waals surface area (Å²) in [5.41, 5.74) is 3.80. The monoisotopic (exact) mass is 326 g/mol. The molecule has 0 aromatic heterocycles. The van der Waals surface area contributed by atoms with Crippen molar-refractivity contribution in [1.82, 2.24) is 0 Å². The molecular weight excluding hydrogens is 308 g/mol. The number of fused-ring (bicyclic) bond motifs is 1. The normalized spacial score (nSPS) is 12.8. The van der Waals surface area contributed by atoms with Gasteiger partial charge in [-0.05, 0) is 49.1 Å². The minimum atomic E-state index is -0.452. The Morgan fingerprint density at radius 3 is 2.71 bits per heavy atom. The van der Waals surface area contributed by atoms with Crippen molar-refractivity contribution < 1.29 is 14.5 Å². The zero-order chi connectivity index (χ0) is 17.3. The van der Waals surface area contributed by atoms with Crippen LogP contribution >= 0.6 is 0 Å². The van der Waals surface area contributed by atoms with E-state index in [1.807, 2.05) is 32.0 Å². The van der Waals surface area contributed by atoms with Crippen LogP contribution in [0.4, 0.5) is 11.4 Å². The molecule has 0 atom stereocenters. The van der Waals surface area contributed by atoms with E-state index < -0.39 is 4.92 Å². The molecule has 2 aromatic rings. The van der Waals surface area contributed by atoms with Crippen molar-refractivity contribution in [2.45, 2.75) is 20.3 Å². The number of amides is 1. The van der Waals surface area contributed by atoms with Crippen molar-refractivity contribution in [2.75, 3.05) is 18.1 Å². The third-order valence-electron chi connectivity index (χ3n) is 4.32. The molecule has 0 saturated heterocycles. The summed E-state index contributed by atoms with van der Waals surface area (Å²) < 4.78 is 5.58. The van der Waals surface area contributed by atoms with E-state index in [0.29, 0.717) is 24.4 Å². The van der Waals surface area contributed by atoms with E-state index in [9.17, 15) is 14.9 Å². The highest BCUT2D eigenvalue weighted by molar-refractivity contribution is 5.96. The number of nitrogens with zero attached hydrogens (tertiary/aromatic N) is 2. The first-order valence-corrected chi connectivity index (χ1v) is 7.73. The fourth-order valence-electron chi connectivity index (χ4n) is 2.77. The van der Waals surface area contributed by atoms with Gasteiger partial charge in [0.25, 0.3) is 11.6 Å². The second-order valence-electron chi connectivity index (χ2n) is 5.90. The number of rotatable bonds is 4. The van der Waals surface area contributed by atoms with Gasteiger partial charge in [0.2, 0.25) is 0 Å². The van der Waals surface area contributed by atoms with Crippen molar-refractivity contribution in [3.05, 3.63) is 63.2 Å². The molecule has 0 fully saturated rings. The first kappa shape index (κ1) is 16.0. The Hall–Kier alpha value is -2.89. The molecule has 2 aromatic carbocycles. The van der Waals surface area contributed by atoms with Crippen LogP contribution in [0.5, 0.6) is 5.75 Å². The van der Waals surface area contributed by atoms with Gasteiger partial charge < -0.3 is 9.64 Å². The lowest BCUT2D eigenvalue weighted by atomic mass is 10.1. The lowest BCUT2D eigenvalue weighted by Crippen LogP contribution is -2.33. The number of anilines is 1. The zero-order valence-corrected chi connectivity index (χ0v) is 13.6. The largest absolute Gasteiger partial charge is 0.484 e. The molecule has 1 heterocycles. The Morgan fingerprint density at radius 2 is 2.00 bits per heavy atom. The van der Waals surface area contributed by atoms with E-state index in [2.05, 4.69) is 0 Å². The number of hydrogen-bond donors (Lipinski definition) is 0. The summed E-state index contributed by atoms with van der Waals surface area (Å²) in [6, 6.07) is 10.3. The lowest BCUT2D eigenvalue weighted by Gasteiger charge is -2.17. The summed E-state index contributed by atoms with van der Waals surface area (Å²) in [5.74, 6) is 0.442. The van der Waals surface area contributed by atoms with Crippen molar-refractivity contribution in [3.8, 4) is 5.75 Å². The van der Waals surface area contributed by atoms with Crippen LogP contribution < -0.4 is 9.64 Å². The Balaban J connectivity index is 1.72. The maximum Gasteiger partial charge on any atom is 0.271 e. The Morgan fingerprint density at radius 1 is 1.21 bits per heavy atom. The first-order valence-electron chi connectivity index (χ1n) is 7.73. The van der Waals surface area contributed by atoms with Crippen LogP contribution in [-0.2, 0) is 11.2 Å². The third-order valence-corrected chi connectivity index (χ3v) is 4.32. The van der Waals surface area contributed by atoms with E-state index in [4.69, 9.17) is 4.74 Å². The van der Waals surface area contributed by atoms with Crippen LogP contribution in [0.25, 0.3) is 0 Å². The standard InChI is InChI=1S/C18H18N2O4/c1-12-3-6-16(9-13(12)2)24-11-18(21)19-8-7-14-4-5-15(20(22)23)10-17(14)19/h3-6,9-10H,7-8,11H2,1-2H3. The van der Waals surface area contributed by atoms with Crippen LogP contribution in [0.1, 0.15) is 16.7 Å². The number of nitro groups is 1. The summed E-state index contributed by atoms with van der Waals surface area (Å²) >= 11 is 0. The van der Waals surface area contributed by atoms with Crippen molar-refractivity contribution in [3.63, 3.8) is 0 Å². The summed E-state index contributed by atoms with van der Waals surface area (Å²) in [4.78, 5) is 24.5. The summed E-state index contributed by atoms with van der Waals surface area (Å²) in [6.07, 6.45) is 0.697. The SMILES string of the molecule is Cc1ccc(OCC(=O)N2CCc3ccc([N+](=O)[O-])cc32)cc1C. The van der Waals surface area contributed by atoms with Crippen LogP contribution in [0.2, 0.25) is 0 Å². The highest BCUT2D eigenvalue weighted by atomic mass is 16.6. The smallest absolute Gasteiger partial charge is 0.271 e. The van der Waals surface area contributed by atoms with Gasteiger partial charge in [-0.15, -0.1) is 0 Å². The number of benzene rings is 2. The fraction of sp³-hybridized carbons (Fsp3) is 0.278. The molecule has 3 rings (SSSR count). The molecule has 1 aliphatic rings. The molecular formula is C18H18N2O4. The van der Waals surface area contributed by atoms with Gasteiger partial charge in [0.05, 0.1) is 10.6 Å². The van der Waals surface area contributed by atoms with E-state index in [1.54, 1.807) is 11.0 Å².